The fourth-order valence-corrected chi connectivity index (χ4v) is 1.77. The van der Waals surface area contributed by atoms with Crippen molar-refractivity contribution in [1.82, 2.24) is 0 Å². The van der Waals surface area contributed by atoms with E-state index in [1.165, 1.54) is 30.3 Å². The molecule has 0 radical (unpaired) electrons. The summed E-state index contributed by atoms with van der Waals surface area (Å²) in [6, 6.07) is 7.92. The summed E-state index contributed by atoms with van der Waals surface area (Å²) in [5.41, 5.74) is 5.42. The maximum Gasteiger partial charge on any atom is 0.341 e. The van der Waals surface area contributed by atoms with E-state index in [2.05, 4.69) is 0 Å². The molecule has 2 aromatic rings. The monoisotopic (exact) mass is 297 g/mol. The fraction of sp³-hybridized carbons (Fsp3) is 0.0714. The zero-order valence-corrected chi connectivity index (χ0v) is 11.0. The van der Waals surface area contributed by atoms with E-state index in [1.54, 1.807) is 0 Å². The molecule has 0 fully saturated rings. The van der Waals surface area contributed by atoms with Crippen LogP contribution in [0.3, 0.4) is 0 Å². The summed E-state index contributed by atoms with van der Waals surface area (Å²) in [6.07, 6.45) is 0. The number of nitrogen functional groups attached to an aromatic ring is 1. The van der Waals surface area contributed by atoms with Crippen molar-refractivity contribution in [2.45, 2.75) is 6.61 Å². The Kier molecular flexibility index (Phi) is 4.20. The molecule has 0 aliphatic heterocycles. The summed E-state index contributed by atoms with van der Waals surface area (Å²) in [7, 11) is 0. The van der Waals surface area contributed by atoms with Gasteiger partial charge < -0.3 is 10.5 Å². The number of ether oxygens (including phenoxy) is 1. The van der Waals surface area contributed by atoms with Crippen LogP contribution in [0.15, 0.2) is 36.4 Å². The molecule has 0 saturated carbocycles. The molecule has 0 saturated heterocycles. The highest BCUT2D eigenvalue weighted by Crippen LogP contribution is 2.19. The number of hydrogen-bond acceptors (Lipinski definition) is 3. The summed E-state index contributed by atoms with van der Waals surface area (Å²) in [6.45, 7) is -0.338. The van der Waals surface area contributed by atoms with Crippen molar-refractivity contribution in [3.63, 3.8) is 0 Å². The van der Waals surface area contributed by atoms with E-state index in [4.69, 9.17) is 22.1 Å². The maximum atomic E-state index is 13.6. The van der Waals surface area contributed by atoms with Crippen LogP contribution in [0.5, 0.6) is 0 Å². The molecule has 104 valence electrons. The highest BCUT2D eigenvalue weighted by Gasteiger charge is 2.15. The van der Waals surface area contributed by atoms with Gasteiger partial charge in [-0.05, 0) is 24.3 Å². The fourth-order valence-electron chi connectivity index (χ4n) is 1.58. The van der Waals surface area contributed by atoms with Crippen molar-refractivity contribution in [3.8, 4) is 0 Å². The standard InChI is InChI=1S/C14H10ClF2NO2/c15-11-3-1-2-8(13(11)17)7-20-14(19)10-5-4-9(18)6-12(10)16/h1-6H,7,18H2. The van der Waals surface area contributed by atoms with Gasteiger partial charge in [0.05, 0.1) is 10.6 Å². The molecule has 0 spiro atoms. The van der Waals surface area contributed by atoms with Gasteiger partial charge in [-0.25, -0.2) is 13.6 Å². The minimum atomic E-state index is -0.901. The van der Waals surface area contributed by atoms with Gasteiger partial charge in [-0.1, -0.05) is 23.7 Å². The van der Waals surface area contributed by atoms with Gasteiger partial charge in [-0.2, -0.15) is 0 Å². The lowest BCUT2D eigenvalue weighted by Gasteiger charge is -2.07. The molecule has 0 aliphatic carbocycles. The Morgan fingerprint density at radius 3 is 2.70 bits per heavy atom. The van der Waals surface area contributed by atoms with Crippen molar-refractivity contribution in [1.29, 1.82) is 0 Å². The van der Waals surface area contributed by atoms with Crippen molar-refractivity contribution in [2.75, 3.05) is 5.73 Å². The summed E-state index contributed by atoms with van der Waals surface area (Å²) >= 11 is 5.60. The average molecular weight is 298 g/mol. The van der Waals surface area contributed by atoms with Crippen LogP contribution in [0.25, 0.3) is 0 Å². The molecule has 0 bridgehead atoms. The third kappa shape index (κ3) is 3.05. The van der Waals surface area contributed by atoms with Crippen LogP contribution < -0.4 is 5.73 Å². The summed E-state index contributed by atoms with van der Waals surface area (Å²) in [5, 5.41) is -0.0720. The summed E-state index contributed by atoms with van der Waals surface area (Å²) < 4.78 is 31.9. The van der Waals surface area contributed by atoms with Gasteiger partial charge in [-0.15, -0.1) is 0 Å². The Balaban J connectivity index is 2.11. The second-order valence-corrected chi connectivity index (χ2v) is 4.44. The summed E-state index contributed by atoms with van der Waals surface area (Å²) in [5.74, 6) is -2.36. The third-order valence-corrected chi connectivity index (χ3v) is 2.90. The largest absolute Gasteiger partial charge is 0.457 e. The van der Waals surface area contributed by atoms with E-state index >= 15 is 0 Å². The first-order valence-corrected chi connectivity index (χ1v) is 6.02. The van der Waals surface area contributed by atoms with Crippen LogP contribution in [0.2, 0.25) is 5.02 Å². The first-order valence-electron chi connectivity index (χ1n) is 5.64. The normalized spacial score (nSPS) is 10.3. The van der Waals surface area contributed by atoms with Gasteiger partial charge in [-0.3, -0.25) is 0 Å². The minimum Gasteiger partial charge on any atom is -0.457 e. The van der Waals surface area contributed by atoms with E-state index in [-0.39, 0.29) is 28.4 Å². The lowest BCUT2D eigenvalue weighted by atomic mass is 10.2. The smallest absolute Gasteiger partial charge is 0.341 e. The Bertz CT molecular complexity index is 662. The first kappa shape index (κ1) is 14.3. The predicted molar refractivity (Wildman–Crippen MR) is 71.3 cm³/mol. The predicted octanol–water partition coefficient (Wildman–Crippen LogP) is 3.56. The van der Waals surface area contributed by atoms with Gasteiger partial charge in [0.2, 0.25) is 0 Å². The van der Waals surface area contributed by atoms with E-state index < -0.39 is 17.6 Å². The first-order chi connectivity index (χ1) is 9.49. The third-order valence-electron chi connectivity index (χ3n) is 2.60. The Labute approximate surface area is 118 Å². The highest BCUT2D eigenvalue weighted by molar-refractivity contribution is 6.30. The van der Waals surface area contributed by atoms with Gasteiger partial charge in [0.15, 0.2) is 0 Å². The number of rotatable bonds is 3. The Morgan fingerprint density at radius 1 is 1.25 bits per heavy atom. The summed E-state index contributed by atoms with van der Waals surface area (Å²) in [4.78, 5) is 11.7. The second kappa shape index (κ2) is 5.88. The number of benzene rings is 2. The lowest BCUT2D eigenvalue weighted by molar-refractivity contribution is 0.0463. The minimum absolute atomic E-state index is 0.0720. The number of hydrogen-bond donors (Lipinski definition) is 1. The van der Waals surface area contributed by atoms with E-state index in [9.17, 15) is 13.6 Å². The van der Waals surface area contributed by atoms with Crippen LogP contribution in [0.1, 0.15) is 15.9 Å². The van der Waals surface area contributed by atoms with Crippen molar-refractivity contribution < 1.29 is 18.3 Å². The van der Waals surface area contributed by atoms with Gasteiger partial charge in [0.25, 0.3) is 0 Å². The highest BCUT2D eigenvalue weighted by atomic mass is 35.5. The SMILES string of the molecule is Nc1ccc(C(=O)OCc2cccc(Cl)c2F)c(F)c1. The second-order valence-electron chi connectivity index (χ2n) is 4.03. The quantitative estimate of drug-likeness (QED) is 0.696. The van der Waals surface area contributed by atoms with Crippen LogP contribution in [0.4, 0.5) is 14.5 Å². The average Bonchev–Trinajstić information content (AvgIpc) is 2.40. The Morgan fingerprint density at radius 2 is 2.00 bits per heavy atom. The van der Waals surface area contributed by atoms with Gasteiger partial charge in [0.1, 0.15) is 18.2 Å². The van der Waals surface area contributed by atoms with E-state index in [0.29, 0.717) is 0 Å². The van der Waals surface area contributed by atoms with Gasteiger partial charge in [0, 0.05) is 11.3 Å². The lowest BCUT2D eigenvalue weighted by Crippen LogP contribution is -2.08. The van der Waals surface area contributed by atoms with Crippen molar-refractivity contribution in [3.05, 3.63) is 64.2 Å². The molecule has 0 heterocycles. The van der Waals surface area contributed by atoms with Crippen LogP contribution in [-0.2, 0) is 11.3 Å². The molecule has 0 atom stereocenters. The van der Waals surface area contributed by atoms with Crippen molar-refractivity contribution in [2.24, 2.45) is 0 Å². The molecular formula is C14H10ClF2NO2. The van der Waals surface area contributed by atoms with Gasteiger partial charge >= 0.3 is 5.97 Å². The zero-order valence-electron chi connectivity index (χ0n) is 10.2. The topological polar surface area (TPSA) is 52.3 Å². The molecule has 0 amide bonds. The number of nitrogens with two attached hydrogens (primary N) is 1. The molecule has 6 heteroatoms. The van der Waals surface area contributed by atoms with Crippen LogP contribution in [0, 0.1) is 11.6 Å². The molecule has 3 nitrogen and oxygen atoms in total. The number of halogens is 3. The molecular weight excluding hydrogens is 288 g/mol. The van der Waals surface area contributed by atoms with E-state index in [1.807, 2.05) is 0 Å². The molecule has 0 aromatic heterocycles. The molecule has 2 rings (SSSR count). The molecule has 2 N–H and O–H groups in total. The van der Waals surface area contributed by atoms with Crippen molar-refractivity contribution >= 4 is 23.3 Å². The number of carbonyl (C=O) groups excluding carboxylic acids is 1. The Hall–Kier alpha value is -2.14. The van der Waals surface area contributed by atoms with Crippen LogP contribution >= 0.6 is 11.6 Å². The molecule has 0 unspecified atom stereocenters. The molecule has 20 heavy (non-hydrogen) atoms. The number of esters is 1. The maximum absolute atomic E-state index is 13.6. The number of anilines is 1. The van der Waals surface area contributed by atoms with E-state index in [0.717, 1.165) is 6.07 Å². The molecule has 0 aliphatic rings. The van der Waals surface area contributed by atoms with Crippen LogP contribution in [-0.4, -0.2) is 5.97 Å². The number of carbonyl (C=O) groups is 1. The zero-order chi connectivity index (χ0) is 14.7. The molecule has 2 aromatic carbocycles.